The number of aliphatic hydroxyl groups excluding tert-OH is 11. The van der Waals surface area contributed by atoms with E-state index in [0.29, 0.717) is 19.3 Å². The van der Waals surface area contributed by atoms with Gasteiger partial charge in [0.1, 0.15) is 67.1 Å². The number of carbonyl (C=O) groups excluding carboxylic acids is 2. The molecule has 0 aromatic heterocycles. The molecule has 18 unspecified atom stereocenters. The predicted octanol–water partition coefficient (Wildman–Crippen LogP) is 7.23. The van der Waals surface area contributed by atoms with Gasteiger partial charge in [0.15, 0.2) is 12.6 Å². The second-order valence-electron chi connectivity index (χ2n) is 26.5. The van der Waals surface area contributed by atoms with Crippen molar-refractivity contribution < 1.29 is 104 Å². The van der Waals surface area contributed by atoms with E-state index in [1.54, 1.807) is 0 Å². The van der Waals surface area contributed by atoms with Crippen LogP contribution in [0.3, 0.4) is 0 Å². The summed E-state index contributed by atoms with van der Waals surface area (Å²) in [4.78, 5) is 38.6. The summed E-state index contributed by atoms with van der Waals surface area (Å²) in [7, 11) is 0. The van der Waals surface area contributed by atoms with Gasteiger partial charge in [-0.25, -0.2) is 4.79 Å². The Kier molecular flexibility index (Phi) is 45.9. The van der Waals surface area contributed by atoms with Crippen molar-refractivity contribution in [3.05, 3.63) is 24.3 Å². The minimum atomic E-state index is -3.08. The van der Waals surface area contributed by atoms with Gasteiger partial charge in [-0.3, -0.25) is 9.59 Å². The lowest BCUT2D eigenvalue weighted by atomic mass is 9.88. The van der Waals surface area contributed by atoms with E-state index in [2.05, 4.69) is 48.8 Å². The van der Waals surface area contributed by atoms with Gasteiger partial charge in [-0.05, 0) is 44.9 Å². The summed E-state index contributed by atoms with van der Waals surface area (Å²) in [5.74, 6) is -6.11. The second kappa shape index (κ2) is 50.5. The van der Waals surface area contributed by atoms with Gasteiger partial charge in [-0.1, -0.05) is 224 Å². The van der Waals surface area contributed by atoms with Gasteiger partial charge in [-0.2, -0.15) is 0 Å². The fourth-order valence-electron chi connectivity index (χ4n) is 12.6. The number of carboxylic acid groups (broad SMARTS) is 1. The SMILES string of the molecule is CCCCC/C=C\C/C=C\CCCCCCCCCC(=O)NC(COC1OC(CO)C(OC2OC(CO)C(O)C(OC3(C(=O)O)CC(O)C(NC(C)=O)C(C(O)C(O)CO)O3)C2O)C(O)C1O)C(O)CCCCCCCCCCCCCCCCCCCCCCCC. The fourth-order valence-corrected chi connectivity index (χ4v) is 12.6. The number of carboxylic acids is 1. The third kappa shape index (κ3) is 32.6. The van der Waals surface area contributed by atoms with Crippen LogP contribution in [0.2, 0.25) is 0 Å². The minimum absolute atomic E-state index is 0.215. The molecule has 0 saturated carbocycles. The van der Waals surface area contributed by atoms with Crippen molar-refractivity contribution in [3.63, 3.8) is 0 Å². The lowest BCUT2D eigenvalue weighted by Crippen LogP contribution is -2.70. The molecular formula is C70H128N2O21. The van der Waals surface area contributed by atoms with Crippen LogP contribution in [0.25, 0.3) is 0 Å². The fraction of sp³-hybridized carbons (Fsp3) is 0.900. The molecule has 3 aliphatic rings. The first-order chi connectivity index (χ1) is 44.9. The third-order valence-electron chi connectivity index (χ3n) is 18.4. The van der Waals surface area contributed by atoms with Gasteiger partial charge >= 0.3 is 5.97 Å². The molecule has 2 amide bonds. The summed E-state index contributed by atoms with van der Waals surface area (Å²) in [5.41, 5.74) is 0. The molecule has 3 aliphatic heterocycles. The standard InChI is InChI=1S/C70H128N2O21/c1-4-6-8-10-12-14-16-18-20-22-23-24-25-26-28-29-31-33-35-37-39-41-43-52(77)51(72-57(80)44-42-40-38-36-34-32-30-27-21-19-17-15-13-11-9-7-5-2)49-88-67-62(84)61(83)64(56(48-75)90-67)91-68-63(85)66(60(82)55(47-74)89-68)93-70(69(86)87)45-53(78)58(71-50(3)76)65(92-70)59(81)54(79)46-73/h13,15,19,21,51-56,58-68,73-75,77-79,81-85H,4-12,14,16-18,20,22-49H2,1-3H3,(H,71,76)(H,72,80)(H,86,87)/b15-13-,21-19-. The smallest absolute Gasteiger partial charge is 0.364 e. The van der Waals surface area contributed by atoms with Crippen LogP contribution in [0.15, 0.2) is 24.3 Å². The summed E-state index contributed by atoms with van der Waals surface area (Å²) in [6, 6.07) is -2.54. The molecule has 3 heterocycles. The molecule has 3 fully saturated rings. The van der Waals surface area contributed by atoms with Crippen molar-refractivity contribution in [1.29, 1.82) is 0 Å². The maximum absolute atomic E-state index is 13.5. The largest absolute Gasteiger partial charge is 0.477 e. The summed E-state index contributed by atoms with van der Waals surface area (Å²) in [6.45, 7) is 2.19. The molecule has 23 nitrogen and oxygen atoms in total. The zero-order valence-electron chi connectivity index (χ0n) is 56.9. The van der Waals surface area contributed by atoms with E-state index in [-0.39, 0.29) is 18.9 Å². The average molecular weight is 1330 g/mol. The number of rotatable bonds is 55. The lowest BCUT2D eigenvalue weighted by molar-refractivity contribution is -0.386. The molecule has 0 bridgehead atoms. The van der Waals surface area contributed by atoms with E-state index < -0.39 is 148 Å². The van der Waals surface area contributed by atoms with Crippen molar-refractivity contribution in [1.82, 2.24) is 10.6 Å². The number of allylic oxidation sites excluding steroid dienone is 4. The average Bonchev–Trinajstić information content (AvgIpc) is 0.780. The van der Waals surface area contributed by atoms with Crippen LogP contribution in [0.4, 0.5) is 0 Å². The molecule has 93 heavy (non-hydrogen) atoms. The molecule has 0 aromatic rings. The topological polar surface area (TPSA) is 373 Å². The Hall–Kier alpha value is -2.79. The molecule has 0 spiro atoms. The van der Waals surface area contributed by atoms with E-state index in [9.17, 15) is 75.7 Å². The van der Waals surface area contributed by atoms with Crippen LogP contribution in [-0.4, -0.2) is 215 Å². The number of amides is 2. The summed E-state index contributed by atoms with van der Waals surface area (Å²) >= 11 is 0. The first kappa shape index (κ1) is 84.4. The van der Waals surface area contributed by atoms with Gasteiger partial charge < -0.3 is 100 Å². The molecule has 0 aromatic carbocycles. The highest BCUT2D eigenvalue weighted by atomic mass is 16.8. The van der Waals surface area contributed by atoms with Crippen molar-refractivity contribution in [3.8, 4) is 0 Å². The van der Waals surface area contributed by atoms with E-state index in [4.69, 9.17) is 28.4 Å². The van der Waals surface area contributed by atoms with E-state index in [1.807, 2.05) is 0 Å². The first-order valence-electron chi connectivity index (χ1n) is 36.2. The highest BCUT2D eigenvalue weighted by Crippen LogP contribution is 2.39. The van der Waals surface area contributed by atoms with Crippen LogP contribution in [0.5, 0.6) is 0 Å². The summed E-state index contributed by atoms with van der Waals surface area (Å²) in [6.07, 6.45) is 21.7. The third-order valence-corrected chi connectivity index (χ3v) is 18.4. The highest BCUT2D eigenvalue weighted by molar-refractivity contribution is 5.77. The molecule has 18 atom stereocenters. The van der Waals surface area contributed by atoms with Gasteiger partial charge in [0.25, 0.3) is 5.79 Å². The monoisotopic (exact) mass is 1330 g/mol. The number of hydrogen-bond donors (Lipinski definition) is 14. The molecule has 544 valence electrons. The second-order valence-corrected chi connectivity index (χ2v) is 26.5. The maximum atomic E-state index is 13.5. The number of unbranched alkanes of at least 4 members (excludes halogenated alkanes) is 31. The van der Waals surface area contributed by atoms with Crippen molar-refractivity contribution in [2.45, 2.75) is 375 Å². The van der Waals surface area contributed by atoms with Crippen molar-refractivity contribution in [2.75, 3.05) is 26.4 Å². The Bertz CT molecular complexity index is 1970. The molecular weight excluding hydrogens is 1200 g/mol. The van der Waals surface area contributed by atoms with E-state index >= 15 is 0 Å². The van der Waals surface area contributed by atoms with E-state index in [0.717, 1.165) is 90.4 Å². The Morgan fingerprint density at radius 1 is 0.559 bits per heavy atom. The Labute approximate surface area is 555 Å². The molecule has 3 saturated heterocycles. The van der Waals surface area contributed by atoms with Crippen molar-refractivity contribution >= 4 is 17.8 Å². The highest BCUT2D eigenvalue weighted by Gasteiger charge is 2.60. The molecule has 0 aliphatic carbocycles. The van der Waals surface area contributed by atoms with Crippen LogP contribution in [0.1, 0.15) is 265 Å². The van der Waals surface area contributed by atoms with Crippen molar-refractivity contribution in [2.24, 2.45) is 0 Å². The van der Waals surface area contributed by atoms with Crippen LogP contribution >= 0.6 is 0 Å². The predicted molar refractivity (Wildman–Crippen MR) is 352 cm³/mol. The zero-order valence-corrected chi connectivity index (χ0v) is 56.9. The summed E-state index contributed by atoms with van der Waals surface area (Å²) in [5, 5.41) is 136. The van der Waals surface area contributed by atoms with Crippen LogP contribution in [0, 0.1) is 0 Å². The quantitative estimate of drug-likeness (QED) is 0.0211. The number of carbonyl (C=O) groups is 3. The number of aliphatic hydroxyl groups is 11. The Morgan fingerprint density at radius 3 is 1.53 bits per heavy atom. The zero-order chi connectivity index (χ0) is 68.2. The summed E-state index contributed by atoms with van der Waals surface area (Å²) < 4.78 is 34.9. The van der Waals surface area contributed by atoms with E-state index in [1.165, 1.54) is 128 Å². The molecule has 3 rings (SSSR count). The lowest BCUT2D eigenvalue weighted by Gasteiger charge is -2.50. The molecule has 23 heteroatoms. The van der Waals surface area contributed by atoms with Gasteiger partial charge in [0.2, 0.25) is 11.8 Å². The number of hydrogen-bond acceptors (Lipinski definition) is 20. The van der Waals surface area contributed by atoms with Gasteiger partial charge in [-0.15, -0.1) is 0 Å². The van der Waals surface area contributed by atoms with Crippen LogP contribution < -0.4 is 10.6 Å². The minimum Gasteiger partial charge on any atom is -0.477 e. The molecule has 0 radical (unpaired) electrons. The van der Waals surface area contributed by atoms with Gasteiger partial charge in [0.05, 0.1) is 50.7 Å². The first-order valence-corrected chi connectivity index (χ1v) is 36.2. The number of ether oxygens (including phenoxy) is 6. The maximum Gasteiger partial charge on any atom is 0.364 e. The Morgan fingerprint density at radius 2 is 1.03 bits per heavy atom. The number of nitrogens with one attached hydrogen (secondary N) is 2. The Balaban J connectivity index is 1.57. The van der Waals surface area contributed by atoms with Crippen LogP contribution in [-0.2, 0) is 42.8 Å². The number of aliphatic carboxylic acids is 1. The van der Waals surface area contributed by atoms with Gasteiger partial charge in [0, 0.05) is 19.8 Å². The molecule has 14 N–H and O–H groups in total. The normalized spacial score (nSPS) is 28.2.